The topological polar surface area (TPSA) is 6.48 Å². The van der Waals surface area contributed by atoms with Gasteiger partial charge in [-0.05, 0) is 117 Å². The highest BCUT2D eigenvalue weighted by atomic mass is 15.2. The highest BCUT2D eigenvalue weighted by Gasteiger charge is 2.46. The lowest BCUT2D eigenvalue weighted by Gasteiger charge is -2.51. The quantitative estimate of drug-likeness (QED) is 0.290. The van der Waals surface area contributed by atoms with Crippen molar-refractivity contribution in [1.29, 1.82) is 0 Å². The van der Waals surface area contributed by atoms with Crippen LogP contribution in [0.3, 0.4) is 0 Å². The summed E-state index contributed by atoms with van der Waals surface area (Å²) in [6.07, 6.45) is 0. The summed E-state index contributed by atoms with van der Waals surface area (Å²) in [6.45, 7) is 30.5. The highest BCUT2D eigenvalue weighted by Crippen LogP contribution is 2.44. The van der Waals surface area contributed by atoms with E-state index in [0.29, 0.717) is 0 Å². The van der Waals surface area contributed by atoms with Crippen LogP contribution in [-0.2, 0) is 10.8 Å². The van der Waals surface area contributed by atoms with Crippen molar-refractivity contribution in [2.24, 2.45) is 0 Å². The Kier molecular flexibility index (Phi) is 5.78. The molecule has 2 nitrogen and oxygen atoms in total. The summed E-state index contributed by atoms with van der Waals surface area (Å²) < 4.78 is 0. The first kappa shape index (κ1) is 26.9. The largest absolute Gasteiger partial charge is 0.337 e. The molecule has 0 aromatic heterocycles. The molecule has 2 heterocycles. The summed E-state index contributed by atoms with van der Waals surface area (Å²) in [5.41, 5.74) is 13.9. The molecule has 0 unspecified atom stereocenters. The van der Waals surface area contributed by atoms with E-state index in [1.165, 1.54) is 55.8 Å². The molecule has 2 aliphatic heterocycles. The monoisotopic (exact) mass is 506 g/mol. The molecule has 0 saturated carbocycles. The van der Waals surface area contributed by atoms with Crippen LogP contribution in [0.25, 0.3) is 0 Å². The van der Waals surface area contributed by atoms with Crippen LogP contribution in [0.15, 0.2) is 48.5 Å². The van der Waals surface area contributed by atoms with Crippen molar-refractivity contribution in [2.75, 3.05) is 9.80 Å². The second-order valence-electron chi connectivity index (χ2n) is 15.7. The molecule has 0 spiro atoms. The molecule has 0 aliphatic carbocycles. The summed E-state index contributed by atoms with van der Waals surface area (Å²) in [5.74, 6) is 0. The van der Waals surface area contributed by atoms with Gasteiger partial charge in [-0.25, -0.2) is 0 Å². The smallest absolute Gasteiger partial charge is 0.252 e. The first-order chi connectivity index (χ1) is 17.3. The van der Waals surface area contributed by atoms with Gasteiger partial charge in [-0.1, -0.05) is 65.8 Å². The average Bonchev–Trinajstić information content (AvgIpc) is 2.74. The summed E-state index contributed by atoms with van der Waals surface area (Å²) >= 11 is 0. The van der Waals surface area contributed by atoms with Crippen LogP contribution in [0, 0.1) is 6.92 Å². The predicted octanol–water partition coefficient (Wildman–Crippen LogP) is 7.61. The molecule has 0 saturated heterocycles. The van der Waals surface area contributed by atoms with Crippen molar-refractivity contribution in [3.63, 3.8) is 0 Å². The zero-order valence-electron chi connectivity index (χ0n) is 26.1. The van der Waals surface area contributed by atoms with Gasteiger partial charge in [0.15, 0.2) is 0 Å². The number of nitrogens with zero attached hydrogens (tertiary/aromatic N) is 2. The molecule has 0 atom stereocenters. The van der Waals surface area contributed by atoms with E-state index in [9.17, 15) is 0 Å². The number of fused-ring (bicyclic) bond motifs is 4. The molecular weight excluding hydrogens is 459 g/mol. The third-order valence-corrected chi connectivity index (χ3v) is 8.28. The second kappa shape index (κ2) is 8.17. The molecule has 0 fully saturated rings. The number of aryl methyl sites for hydroxylation is 1. The van der Waals surface area contributed by atoms with Gasteiger partial charge in [-0.3, -0.25) is 0 Å². The second-order valence-corrected chi connectivity index (χ2v) is 15.7. The maximum atomic E-state index is 2.61. The van der Waals surface area contributed by atoms with E-state index in [-0.39, 0.29) is 28.6 Å². The maximum Gasteiger partial charge on any atom is 0.252 e. The fraction of sp³-hybridized carbons (Fsp3) is 0.486. The first-order valence-corrected chi connectivity index (χ1v) is 14.3. The van der Waals surface area contributed by atoms with Crippen LogP contribution in [0.5, 0.6) is 0 Å². The third-order valence-electron chi connectivity index (χ3n) is 8.28. The summed E-state index contributed by atoms with van der Waals surface area (Å²) in [4.78, 5) is 5.22. The van der Waals surface area contributed by atoms with E-state index in [2.05, 4.69) is 148 Å². The average molecular weight is 507 g/mol. The number of hydrogen-bond acceptors (Lipinski definition) is 2. The molecule has 3 aromatic carbocycles. The Balaban J connectivity index is 1.96. The van der Waals surface area contributed by atoms with Crippen LogP contribution in [0.2, 0.25) is 0 Å². The van der Waals surface area contributed by atoms with E-state index in [1.54, 1.807) is 0 Å². The lowest BCUT2D eigenvalue weighted by atomic mass is 9.33. The molecule has 0 bridgehead atoms. The van der Waals surface area contributed by atoms with E-state index in [0.717, 1.165) is 0 Å². The molecule has 3 heteroatoms. The van der Waals surface area contributed by atoms with Gasteiger partial charge in [0, 0.05) is 33.8 Å². The summed E-state index contributed by atoms with van der Waals surface area (Å²) in [5, 5.41) is 0. The molecule has 38 heavy (non-hydrogen) atoms. The van der Waals surface area contributed by atoms with E-state index >= 15 is 0 Å². The SMILES string of the molecule is Cc1cc2c3c(c1)N(C(C)(C)C)c1ccc(C(C)(C)C)cc1B3c1cc(C(C)(C)C)ccc1N2C(C)(C)C. The van der Waals surface area contributed by atoms with Gasteiger partial charge in [-0.2, -0.15) is 0 Å². The maximum absolute atomic E-state index is 2.61. The lowest BCUT2D eigenvalue weighted by molar-refractivity contribution is 0.555. The zero-order valence-corrected chi connectivity index (χ0v) is 26.1. The summed E-state index contributed by atoms with van der Waals surface area (Å²) in [6, 6.07) is 19.4. The third kappa shape index (κ3) is 4.18. The zero-order chi connectivity index (χ0) is 28.2. The molecule has 0 amide bonds. The normalized spacial score (nSPS) is 15.3. The van der Waals surface area contributed by atoms with Crippen molar-refractivity contribution in [3.8, 4) is 0 Å². The fourth-order valence-corrected chi connectivity index (χ4v) is 6.52. The molecule has 2 aliphatic rings. The Hall–Kier alpha value is -2.68. The van der Waals surface area contributed by atoms with Crippen molar-refractivity contribution in [3.05, 3.63) is 65.2 Å². The minimum atomic E-state index is -0.0649. The number of benzene rings is 3. The minimum Gasteiger partial charge on any atom is -0.337 e. The Labute approximate surface area is 232 Å². The van der Waals surface area contributed by atoms with Crippen LogP contribution in [0.4, 0.5) is 22.7 Å². The van der Waals surface area contributed by atoms with Crippen molar-refractivity contribution >= 4 is 45.9 Å². The van der Waals surface area contributed by atoms with Crippen LogP contribution in [0.1, 0.15) is 99.8 Å². The van der Waals surface area contributed by atoms with Gasteiger partial charge in [0.2, 0.25) is 0 Å². The minimum absolute atomic E-state index is 0.0649. The molecule has 3 aromatic rings. The van der Waals surface area contributed by atoms with Gasteiger partial charge < -0.3 is 9.80 Å². The van der Waals surface area contributed by atoms with Crippen molar-refractivity contribution in [2.45, 2.75) is 112 Å². The van der Waals surface area contributed by atoms with E-state index < -0.39 is 0 Å². The number of rotatable bonds is 0. The standard InChI is InChI=1S/C35H47BN2/c1-22-18-29-31-30(19-22)38(35(11,12)13)28-17-15-24(33(5,6)7)21-26(28)36(31)25-20-23(32(2,3)4)14-16-27(25)37(29)34(8,9)10/h14-21H,1-13H3. The van der Waals surface area contributed by atoms with Crippen LogP contribution < -0.4 is 26.2 Å². The van der Waals surface area contributed by atoms with E-state index in [4.69, 9.17) is 0 Å². The highest BCUT2D eigenvalue weighted by molar-refractivity contribution is 7.00. The van der Waals surface area contributed by atoms with Gasteiger partial charge in [0.1, 0.15) is 0 Å². The Morgan fingerprint density at radius 1 is 0.500 bits per heavy atom. The first-order valence-electron chi connectivity index (χ1n) is 14.3. The van der Waals surface area contributed by atoms with Crippen LogP contribution >= 0.6 is 0 Å². The lowest BCUT2D eigenvalue weighted by Crippen LogP contribution is -2.65. The number of hydrogen-bond donors (Lipinski definition) is 0. The molecule has 0 radical (unpaired) electrons. The van der Waals surface area contributed by atoms with Gasteiger partial charge in [-0.15, -0.1) is 0 Å². The van der Waals surface area contributed by atoms with Crippen molar-refractivity contribution < 1.29 is 0 Å². The molecule has 0 N–H and O–H groups in total. The van der Waals surface area contributed by atoms with Crippen molar-refractivity contribution in [1.82, 2.24) is 0 Å². The van der Waals surface area contributed by atoms with Crippen LogP contribution in [-0.4, -0.2) is 17.8 Å². The predicted molar refractivity (Wildman–Crippen MR) is 170 cm³/mol. The van der Waals surface area contributed by atoms with Gasteiger partial charge in [0.05, 0.1) is 0 Å². The molecule has 5 rings (SSSR count). The molecular formula is C35H47BN2. The Morgan fingerprint density at radius 2 is 0.868 bits per heavy atom. The van der Waals surface area contributed by atoms with Gasteiger partial charge >= 0.3 is 0 Å². The fourth-order valence-electron chi connectivity index (χ4n) is 6.52. The molecule has 200 valence electrons. The summed E-state index contributed by atoms with van der Waals surface area (Å²) in [7, 11) is 0. The van der Waals surface area contributed by atoms with Gasteiger partial charge in [0.25, 0.3) is 6.71 Å². The van der Waals surface area contributed by atoms with E-state index in [1.807, 2.05) is 0 Å². The Bertz CT molecular complexity index is 1320. The number of anilines is 4. The Morgan fingerprint density at radius 3 is 1.18 bits per heavy atom.